The predicted molar refractivity (Wildman–Crippen MR) is 94.8 cm³/mol. The topological polar surface area (TPSA) is 97.3 Å². The molecule has 2 aromatic rings. The Kier molecular flexibility index (Phi) is 4.64. The summed E-state index contributed by atoms with van der Waals surface area (Å²) < 4.78 is 5.95. The number of carbonyl (C=O) groups excluding carboxylic acids is 2. The van der Waals surface area contributed by atoms with Gasteiger partial charge in [0.1, 0.15) is 11.8 Å². The van der Waals surface area contributed by atoms with E-state index in [1.165, 1.54) is 23.7 Å². The number of hydrogen-bond acceptors (Lipinski definition) is 7. The van der Waals surface area contributed by atoms with Gasteiger partial charge in [0.15, 0.2) is 5.82 Å². The summed E-state index contributed by atoms with van der Waals surface area (Å²) >= 11 is 1.47. The van der Waals surface area contributed by atoms with Gasteiger partial charge in [0.25, 0.3) is 11.8 Å². The Bertz CT molecular complexity index is 812. The molecule has 0 spiro atoms. The molecule has 9 heteroatoms. The molecule has 2 amide bonds. The summed E-state index contributed by atoms with van der Waals surface area (Å²) in [7, 11) is 0. The highest BCUT2D eigenvalue weighted by molar-refractivity contribution is 7.09. The maximum absolute atomic E-state index is 12.6. The van der Waals surface area contributed by atoms with Crippen LogP contribution in [0.25, 0.3) is 0 Å². The molecule has 0 unspecified atom stereocenters. The lowest BCUT2D eigenvalue weighted by atomic mass is 9.91. The molecule has 4 heterocycles. The lowest BCUT2D eigenvalue weighted by Crippen LogP contribution is -2.45. The maximum atomic E-state index is 12.6. The summed E-state index contributed by atoms with van der Waals surface area (Å²) in [6.45, 7) is 3.04. The van der Waals surface area contributed by atoms with Crippen LogP contribution >= 0.6 is 11.3 Å². The number of hydrogen-bond donors (Lipinski definition) is 1. The van der Waals surface area contributed by atoms with Crippen LogP contribution in [0.4, 0.5) is 5.82 Å². The molecule has 26 heavy (non-hydrogen) atoms. The van der Waals surface area contributed by atoms with Gasteiger partial charge < -0.3 is 15.0 Å². The van der Waals surface area contributed by atoms with E-state index in [-0.39, 0.29) is 23.8 Å². The van der Waals surface area contributed by atoms with Crippen molar-refractivity contribution >= 4 is 29.0 Å². The number of likely N-dealkylation sites (tertiary alicyclic amines) is 1. The van der Waals surface area contributed by atoms with E-state index >= 15 is 0 Å². The van der Waals surface area contributed by atoms with E-state index in [1.807, 2.05) is 6.92 Å². The quantitative estimate of drug-likeness (QED) is 0.876. The van der Waals surface area contributed by atoms with Crippen LogP contribution < -0.4 is 5.32 Å². The fourth-order valence-electron chi connectivity index (χ4n) is 3.48. The minimum absolute atomic E-state index is 0.0659. The number of nitrogens with zero attached hydrogens (tertiary/aromatic N) is 4. The van der Waals surface area contributed by atoms with Gasteiger partial charge in [-0.15, -0.1) is 11.3 Å². The molecule has 0 saturated carbocycles. The largest absolute Gasteiger partial charge is 0.363 e. The van der Waals surface area contributed by atoms with E-state index in [2.05, 4.69) is 20.3 Å². The number of amides is 2. The number of aromatic nitrogens is 3. The van der Waals surface area contributed by atoms with Gasteiger partial charge in [-0.25, -0.2) is 9.97 Å². The Balaban J connectivity index is 1.37. The zero-order valence-corrected chi connectivity index (χ0v) is 15.1. The van der Waals surface area contributed by atoms with Crippen LogP contribution in [0.5, 0.6) is 0 Å². The number of rotatable bonds is 3. The summed E-state index contributed by atoms with van der Waals surface area (Å²) in [6.07, 6.45) is 5.41. The summed E-state index contributed by atoms with van der Waals surface area (Å²) in [5, 5.41) is 5.39. The third-order valence-corrected chi connectivity index (χ3v) is 5.56. The molecule has 3 atom stereocenters. The van der Waals surface area contributed by atoms with Crippen molar-refractivity contribution in [2.24, 2.45) is 5.92 Å². The highest BCUT2D eigenvalue weighted by Gasteiger charge is 2.43. The average Bonchev–Trinajstić information content (AvgIpc) is 3.27. The first-order chi connectivity index (χ1) is 12.6. The number of thiazole rings is 1. The van der Waals surface area contributed by atoms with Crippen LogP contribution in [0, 0.1) is 12.8 Å². The Hall–Kier alpha value is -2.39. The van der Waals surface area contributed by atoms with E-state index in [0.717, 1.165) is 11.4 Å². The first-order valence-corrected chi connectivity index (χ1v) is 9.42. The minimum atomic E-state index is -0.524. The molecule has 0 bridgehead atoms. The van der Waals surface area contributed by atoms with Crippen LogP contribution in [-0.2, 0) is 9.53 Å². The molecule has 136 valence electrons. The lowest BCUT2D eigenvalue weighted by Gasteiger charge is -2.33. The van der Waals surface area contributed by atoms with Crippen LogP contribution in [0.1, 0.15) is 28.3 Å². The third-order valence-electron chi connectivity index (χ3n) is 4.78. The monoisotopic (exact) mass is 373 g/mol. The molecule has 0 radical (unpaired) electrons. The van der Waals surface area contributed by atoms with Crippen LogP contribution in [-0.4, -0.2) is 57.0 Å². The zero-order chi connectivity index (χ0) is 18.1. The van der Waals surface area contributed by atoms with Gasteiger partial charge in [-0.3, -0.25) is 14.6 Å². The van der Waals surface area contributed by atoms with Crippen LogP contribution in [0.15, 0.2) is 24.0 Å². The third kappa shape index (κ3) is 3.45. The predicted octanol–water partition coefficient (Wildman–Crippen LogP) is 1.50. The van der Waals surface area contributed by atoms with E-state index in [9.17, 15) is 9.59 Å². The van der Waals surface area contributed by atoms with Crippen molar-refractivity contribution in [2.75, 3.05) is 18.4 Å². The molecule has 8 nitrogen and oxygen atoms in total. The number of ether oxygens (including phenoxy) is 1. The second-order valence-electron chi connectivity index (χ2n) is 6.53. The van der Waals surface area contributed by atoms with Crippen LogP contribution in [0.3, 0.4) is 0 Å². The number of anilines is 1. The van der Waals surface area contributed by atoms with Gasteiger partial charge in [-0.2, -0.15) is 0 Å². The fourth-order valence-corrected chi connectivity index (χ4v) is 4.06. The van der Waals surface area contributed by atoms with Crippen LogP contribution in [0.2, 0.25) is 0 Å². The normalized spacial score (nSPS) is 25.0. The summed E-state index contributed by atoms with van der Waals surface area (Å²) in [4.78, 5) is 39.0. The first-order valence-electron chi connectivity index (χ1n) is 8.54. The second-order valence-corrected chi connectivity index (χ2v) is 7.59. The fraction of sp³-hybridized carbons (Fsp3) is 0.471. The molecule has 0 aliphatic carbocycles. The molecule has 2 aliphatic rings. The van der Waals surface area contributed by atoms with Crippen molar-refractivity contribution in [1.82, 2.24) is 19.9 Å². The smallest absolute Gasteiger partial charge is 0.273 e. The van der Waals surface area contributed by atoms with Crippen molar-refractivity contribution in [3.05, 3.63) is 34.7 Å². The van der Waals surface area contributed by atoms with Gasteiger partial charge in [0, 0.05) is 30.9 Å². The van der Waals surface area contributed by atoms with Crippen molar-refractivity contribution in [2.45, 2.75) is 32.0 Å². The average molecular weight is 373 g/mol. The lowest BCUT2D eigenvalue weighted by molar-refractivity contribution is -0.127. The molecule has 2 aliphatic heterocycles. The molecule has 0 aromatic carbocycles. The summed E-state index contributed by atoms with van der Waals surface area (Å²) in [6, 6.07) is 0. The number of nitrogens with one attached hydrogen (secondary N) is 1. The van der Waals surface area contributed by atoms with Crippen molar-refractivity contribution < 1.29 is 14.3 Å². The standard InChI is InChI=1S/C17H19N5O3S/c1-10-20-12(9-26-10)17(24)22-5-2-11-6-13(25-14(11)8-22)16(23)21-15-7-18-3-4-19-15/h3-4,7,9,11,13-14H,2,5-6,8H2,1H3,(H,19,21,23)/t11-,13-,14+/m0/s1. The molecular weight excluding hydrogens is 354 g/mol. The number of piperidine rings is 1. The van der Waals surface area contributed by atoms with Gasteiger partial charge in [-0.05, 0) is 25.7 Å². The SMILES string of the molecule is Cc1nc(C(=O)N2CC[C@H]3C[C@@H](C(=O)Nc4cnccn4)O[C@@H]3C2)cs1. The summed E-state index contributed by atoms with van der Waals surface area (Å²) in [5.74, 6) is 0.414. The van der Waals surface area contributed by atoms with Gasteiger partial charge in [0.05, 0.1) is 17.3 Å². The van der Waals surface area contributed by atoms with Gasteiger partial charge >= 0.3 is 0 Å². The first kappa shape index (κ1) is 17.0. The molecule has 2 fully saturated rings. The highest BCUT2D eigenvalue weighted by atomic mass is 32.1. The van der Waals surface area contributed by atoms with Gasteiger partial charge in [0.2, 0.25) is 0 Å². The molecule has 2 aromatic heterocycles. The molecular formula is C17H19N5O3S. The number of aryl methyl sites for hydroxylation is 1. The Morgan fingerprint density at radius 2 is 2.27 bits per heavy atom. The second kappa shape index (κ2) is 7.08. The van der Waals surface area contributed by atoms with E-state index in [1.54, 1.807) is 16.5 Å². The molecule has 2 saturated heterocycles. The Labute approximate surface area is 154 Å². The Morgan fingerprint density at radius 3 is 3.00 bits per heavy atom. The highest BCUT2D eigenvalue weighted by Crippen LogP contribution is 2.34. The van der Waals surface area contributed by atoms with Crippen molar-refractivity contribution in [3.63, 3.8) is 0 Å². The van der Waals surface area contributed by atoms with Gasteiger partial charge in [-0.1, -0.05) is 0 Å². The number of fused-ring (bicyclic) bond motifs is 1. The minimum Gasteiger partial charge on any atom is -0.363 e. The van der Waals surface area contributed by atoms with Crippen molar-refractivity contribution in [3.8, 4) is 0 Å². The maximum Gasteiger partial charge on any atom is 0.273 e. The van der Waals surface area contributed by atoms with E-state index in [4.69, 9.17) is 4.74 Å². The van der Waals surface area contributed by atoms with Crippen molar-refractivity contribution in [1.29, 1.82) is 0 Å². The summed E-state index contributed by atoms with van der Waals surface area (Å²) in [5.41, 5.74) is 0.487. The van der Waals surface area contributed by atoms with E-state index < -0.39 is 6.10 Å². The number of carbonyl (C=O) groups is 2. The molecule has 1 N–H and O–H groups in total. The zero-order valence-electron chi connectivity index (χ0n) is 14.3. The molecule has 4 rings (SSSR count). The van der Waals surface area contributed by atoms with E-state index in [0.29, 0.717) is 31.0 Å². The Morgan fingerprint density at radius 1 is 1.38 bits per heavy atom.